The maximum absolute atomic E-state index is 11.8. The van der Waals surface area contributed by atoms with Gasteiger partial charge in [0.15, 0.2) is 5.76 Å². The van der Waals surface area contributed by atoms with Gasteiger partial charge in [-0.3, -0.25) is 9.69 Å². The van der Waals surface area contributed by atoms with Crippen LogP contribution in [0, 0.1) is 5.92 Å². The van der Waals surface area contributed by atoms with E-state index in [4.69, 9.17) is 19.7 Å². The van der Waals surface area contributed by atoms with E-state index in [2.05, 4.69) is 10.1 Å². The molecule has 2 unspecified atom stereocenters. The summed E-state index contributed by atoms with van der Waals surface area (Å²) in [6.45, 7) is 7.10. The Morgan fingerprint density at radius 2 is 2.30 bits per heavy atom. The Kier molecular flexibility index (Phi) is 7.81. The number of likely N-dealkylation sites (tertiary alicyclic amines) is 1. The Bertz CT molecular complexity index is 495. The summed E-state index contributed by atoms with van der Waals surface area (Å²) < 4.78 is 15.6. The van der Waals surface area contributed by atoms with Gasteiger partial charge in [-0.25, -0.2) is 0 Å². The first-order valence-corrected chi connectivity index (χ1v) is 7.66. The molecule has 1 fully saturated rings. The minimum Gasteiger partial charge on any atom is -0.474 e. The molecule has 0 spiro atoms. The Hall–Kier alpha value is -1.31. The average Bonchev–Trinajstić information content (AvgIpc) is 3.08. The highest BCUT2D eigenvalue weighted by Gasteiger charge is 2.29. The molecule has 1 aromatic heterocycles. The maximum atomic E-state index is 11.8. The van der Waals surface area contributed by atoms with E-state index in [9.17, 15) is 4.79 Å². The number of nitrogens with two attached hydrogens (primary N) is 1. The van der Waals surface area contributed by atoms with Crippen LogP contribution in [0.25, 0.3) is 0 Å². The van der Waals surface area contributed by atoms with Gasteiger partial charge in [0.05, 0.1) is 7.11 Å². The quantitative estimate of drug-likeness (QED) is 0.746. The first-order valence-electron chi connectivity index (χ1n) is 7.66. The summed E-state index contributed by atoms with van der Waals surface area (Å²) >= 11 is 0. The largest absolute Gasteiger partial charge is 0.474 e. The zero-order chi connectivity index (χ0) is 16.1. The van der Waals surface area contributed by atoms with Crippen LogP contribution in [-0.2, 0) is 9.53 Å². The van der Waals surface area contributed by atoms with Gasteiger partial charge in [-0.15, -0.1) is 12.4 Å². The lowest BCUT2D eigenvalue weighted by Gasteiger charge is -2.14. The zero-order valence-electron chi connectivity index (χ0n) is 13.9. The molecule has 2 heterocycles. The highest BCUT2D eigenvalue weighted by atomic mass is 35.5. The van der Waals surface area contributed by atoms with Crippen LogP contribution in [-0.4, -0.2) is 55.4 Å². The van der Waals surface area contributed by atoms with Crippen LogP contribution in [0.5, 0.6) is 5.88 Å². The average molecular weight is 348 g/mol. The number of hydrogen-bond acceptors (Lipinski definition) is 7. The first kappa shape index (κ1) is 19.7. The molecule has 132 valence electrons. The zero-order valence-corrected chi connectivity index (χ0v) is 14.7. The van der Waals surface area contributed by atoms with Crippen LogP contribution in [0.4, 0.5) is 0 Å². The molecule has 0 bridgehead atoms. The number of methoxy groups -OCH3 is 1. The summed E-state index contributed by atoms with van der Waals surface area (Å²) in [5.41, 5.74) is 5.86. The van der Waals surface area contributed by atoms with Crippen molar-refractivity contribution in [2.75, 3.05) is 33.4 Å². The fourth-order valence-corrected chi connectivity index (χ4v) is 2.68. The molecule has 0 radical (unpaired) electrons. The third-order valence-corrected chi connectivity index (χ3v) is 3.90. The fraction of sp³-hybridized carbons (Fsp3) is 0.733. The molecule has 1 aliphatic heterocycles. The Balaban J connectivity index is 0.00000264. The first-order chi connectivity index (χ1) is 10.5. The number of esters is 1. The van der Waals surface area contributed by atoms with Crippen molar-refractivity contribution in [2.45, 2.75) is 32.2 Å². The van der Waals surface area contributed by atoms with E-state index in [-0.39, 0.29) is 30.3 Å². The monoisotopic (exact) mass is 347 g/mol. The van der Waals surface area contributed by atoms with E-state index in [0.29, 0.717) is 18.2 Å². The van der Waals surface area contributed by atoms with Crippen LogP contribution in [0.15, 0.2) is 10.6 Å². The fourth-order valence-electron chi connectivity index (χ4n) is 2.68. The topological polar surface area (TPSA) is 90.8 Å². The van der Waals surface area contributed by atoms with Crippen LogP contribution < -0.4 is 10.5 Å². The van der Waals surface area contributed by atoms with Gasteiger partial charge in [-0.2, -0.15) is 0 Å². The number of halogens is 1. The second kappa shape index (κ2) is 9.10. The van der Waals surface area contributed by atoms with Gasteiger partial charge in [-0.1, -0.05) is 13.8 Å². The number of nitrogens with zero attached hydrogens (tertiary/aromatic N) is 2. The molecule has 2 rings (SSSR count). The number of carbonyl (C=O) groups is 1. The van der Waals surface area contributed by atoms with E-state index >= 15 is 0 Å². The van der Waals surface area contributed by atoms with Crippen LogP contribution >= 0.6 is 12.4 Å². The smallest absolute Gasteiger partial charge is 0.316 e. The molecule has 0 aromatic carbocycles. The number of carbonyl (C=O) groups excluding carboxylic acids is 1. The van der Waals surface area contributed by atoms with Gasteiger partial charge in [0, 0.05) is 25.2 Å². The van der Waals surface area contributed by atoms with Crippen LogP contribution in [0.2, 0.25) is 0 Å². The molecule has 7 nitrogen and oxygen atoms in total. The SMILES string of the molecule is COC(=O)C(c1cc(OCCN2CCC(N)C2)no1)C(C)C.Cl. The molecule has 0 saturated carbocycles. The Labute approximate surface area is 142 Å². The predicted molar refractivity (Wildman–Crippen MR) is 87.9 cm³/mol. The van der Waals surface area contributed by atoms with E-state index in [1.54, 1.807) is 6.07 Å². The van der Waals surface area contributed by atoms with Crippen molar-refractivity contribution in [3.05, 3.63) is 11.8 Å². The van der Waals surface area contributed by atoms with E-state index in [1.807, 2.05) is 13.8 Å². The lowest BCUT2D eigenvalue weighted by atomic mass is 9.93. The van der Waals surface area contributed by atoms with Crippen molar-refractivity contribution in [3.63, 3.8) is 0 Å². The second-order valence-electron chi connectivity index (χ2n) is 6.01. The molecule has 23 heavy (non-hydrogen) atoms. The maximum Gasteiger partial charge on any atom is 0.316 e. The van der Waals surface area contributed by atoms with Crippen molar-refractivity contribution in [2.24, 2.45) is 11.7 Å². The summed E-state index contributed by atoms with van der Waals surface area (Å²) in [5, 5.41) is 3.87. The van der Waals surface area contributed by atoms with Gasteiger partial charge in [0.2, 0.25) is 0 Å². The standard InChI is InChI=1S/C15H25N3O4.ClH/c1-10(2)14(15(19)20-3)12-8-13(17-22-12)21-7-6-18-5-4-11(16)9-18;/h8,10-11,14H,4-7,9,16H2,1-3H3;1H. The third-order valence-electron chi connectivity index (χ3n) is 3.90. The molecule has 1 saturated heterocycles. The minimum atomic E-state index is -0.466. The van der Waals surface area contributed by atoms with Crippen molar-refractivity contribution in [3.8, 4) is 5.88 Å². The van der Waals surface area contributed by atoms with Crippen molar-refractivity contribution < 1.29 is 18.8 Å². The molecular weight excluding hydrogens is 322 g/mol. The molecule has 0 aliphatic carbocycles. The highest BCUT2D eigenvalue weighted by molar-refractivity contribution is 5.85. The van der Waals surface area contributed by atoms with Crippen molar-refractivity contribution >= 4 is 18.4 Å². The van der Waals surface area contributed by atoms with E-state index in [1.165, 1.54) is 7.11 Å². The third kappa shape index (κ3) is 5.37. The normalized spacial score (nSPS) is 19.4. The van der Waals surface area contributed by atoms with Gasteiger partial charge >= 0.3 is 5.97 Å². The summed E-state index contributed by atoms with van der Waals surface area (Å²) in [6.07, 6.45) is 1.03. The van der Waals surface area contributed by atoms with Gasteiger partial charge in [0.25, 0.3) is 5.88 Å². The molecule has 0 amide bonds. The molecule has 1 aromatic rings. The molecule has 1 aliphatic rings. The Morgan fingerprint density at radius 3 is 2.87 bits per heavy atom. The second-order valence-corrected chi connectivity index (χ2v) is 6.01. The van der Waals surface area contributed by atoms with Gasteiger partial charge in [-0.05, 0) is 24.0 Å². The number of ether oxygens (including phenoxy) is 2. The van der Waals surface area contributed by atoms with Crippen LogP contribution in [0.3, 0.4) is 0 Å². The minimum absolute atomic E-state index is 0. The summed E-state index contributed by atoms with van der Waals surface area (Å²) in [5.74, 6) is 0.127. The number of hydrogen-bond donors (Lipinski definition) is 1. The van der Waals surface area contributed by atoms with E-state index in [0.717, 1.165) is 26.1 Å². The number of aromatic nitrogens is 1. The Morgan fingerprint density at radius 1 is 1.57 bits per heavy atom. The summed E-state index contributed by atoms with van der Waals surface area (Å²) in [4.78, 5) is 14.1. The van der Waals surface area contributed by atoms with Crippen molar-refractivity contribution in [1.29, 1.82) is 0 Å². The molecule has 2 N–H and O–H groups in total. The van der Waals surface area contributed by atoms with Gasteiger partial charge in [0.1, 0.15) is 12.5 Å². The number of rotatable bonds is 7. The molecule has 8 heteroatoms. The van der Waals surface area contributed by atoms with Gasteiger partial charge < -0.3 is 19.7 Å². The van der Waals surface area contributed by atoms with E-state index < -0.39 is 5.92 Å². The predicted octanol–water partition coefficient (Wildman–Crippen LogP) is 1.42. The summed E-state index contributed by atoms with van der Waals surface area (Å²) in [6, 6.07) is 1.93. The molecule has 2 atom stereocenters. The van der Waals surface area contributed by atoms with Crippen LogP contribution in [0.1, 0.15) is 31.9 Å². The highest BCUT2D eigenvalue weighted by Crippen LogP contribution is 2.28. The summed E-state index contributed by atoms with van der Waals surface area (Å²) in [7, 11) is 1.37. The lowest BCUT2D eigenvalue weighted by Crippen LogP contribution is -2.29. The lowest BCUT2D eigenvalue weighted by molar-refractivity contribution is -0.144. The van der Waals surface area contributed by atoms with Crippen molar-refractivity contribution in [1.82, 2.24) is 10.1 Å². The molecular formula is C15H26ClN3O4.